The lowest BCUT2D eigenvalue weighted by Crippen LogP contribution is -2.66. The van der Waals surface area contributed by atoms with E-state index in [0.29, 0.717) is 5.92 Å². The fourth-order valence-corrected chi connectivity index (χ4v) is 4.78. The first-order valence-corrected chi connectivity index (χ1v) is 9.95. The van der Waals surface area contributed by atoms with E-state index in [1.807, 2.05) is 19.1 Å². The Bertz CT molecular complexity index is 831. The molecule has 7 nitrogen and oxygen atoms in total. The molecule has 4 rings (SSSR count). The van der Waals surface area contributed by atoms with E-state index in [4.69, 9.17) is 11.6 Å². The Hall–Kier alpha value is -2.09. The van der Waals surface area contributed by atoms with Crippen LogP contribution in [0.5, 0.6) is 0 Å². The van der Waals surface area contributed by atoms with Gasteiger partial charge >= 0.3 is 6.03 Å². The Kier molecular flexibility index (Phi) is 4.85. The first kappa shape index (κ1) is 19.2. The van der Waals surface area contributed by atoms with Gasteiger partial charge in [-0.15, -0.1) is 6.58 Å². The van der Waals surface area contributed by atoms with E-state index in [2.05, 4.69) is 34.7 Å². The quantitative estimate of drug-likeness (QED) is 0.783. The van der Waals surface area contributed by atoms with Crippen LogP contribution in [0.25, 0.3) is 0 Å². The molecule has 0 aromatic heterocycles. The number of rotatable bonds is 3. The van der Waals surface area contributed by atoms with Gasteiger partial charge in [0.15, 0.2) is 0 Å². The van der Waals surface area contributed by atoms with Gasteiger partial charge in [0.1, 0.15) is 18.5 Å². The number of hydrogen-bond acceptors (Lipinski definition) is 5. The molecule has 3 heterocycles. The number of benzene rings is 1. The summed E-state index contributed by atoms with van der Waals surface area (Å²) in [5.41, 5.74) is 2.06. The van der Waals surface area contributed by atoms with Crippen molar-refractivity contribution >= 4 is 29.2 Å². The third kappa shape index (κ3) is 2.80. The molecule has 0 radical (unpaired) electrons. The Morgan fingerprint density at radius 3 is 2.79 bits per heavy atom. The van der Waals surface area contributed by atoms with Gasteiger partial charge in [0.05, 0.1) is 0 Å². The Morgan fingerprint density at radius 1 is 1.32 bits per heavy atom. The van der Waals surface area contributed by atoms with E-state index in [0.717, 1.165) is 29.4 Å². The molecule has 3 aliphatic rings. The van der Waals surface area contributed by atoms with Gasteiger partial charge in [0.2, 0.25) is 0 Å². The minimum Gasteiger partial charge on any atom is -0.343 e. The molecule has 0 spiro atoms. The molecule has 1 aromatic carbocycles. The molecule has 8 heteroatoms. The maximum Gasteiger partial charge on any atom is 0.328 e. The Morgan fingerprint density at radius 2 is 2.07 bits per heavy atom. The number of likely N-dealkylation sites (N-methyl/N-ethyl adjacent to an activating group) is 1. The van der Waals surface area contributed by atoms with Crippen molar-refractivity contribution in [3.8, 4) is 0 Å². The van der Waals surface area contributed by atoms with Crippen LogP contribution in [0.2, 0.25) is 5.02 Å². The van der Waals surface area contributed by atoms with Gasteiger partial charge in [-0.2, -0.15) is 0 Å². The summed E-state index contributed by atoms with van der Waals surface area (Å²) in [6, 6.07) is 5.18. The van der Waals surface area contributed by atoms with E-state index in [1.54, 1.807) is 18.0 Å². The number of urea groups is 1. The number of hydrogen-bond donors (Lipinski definition) is 1. The molecule has 28 heavy (non-hydrogen) atoms. The first-order chi connectivity index (χ1) is 13.3. The highest BCUT2D eigenvalue weighted by molar-refractivity contribution is 6.31. The summed E-state index contributed by atoms with van der Waals surface area (Å²) >= 11 is 6.37. The largest absolute Gasteiger partial charge is 0.343 e. The lowest BCUT2D eigenvalue weighted by atomic mass is 10.0. The molecular weight excluding hydrogens is 378 g/mol. The van der Waals surface area contributed by atoms with Gasteiger partial charge < -0.3 is 9.80 Å². The van der Waals surface area contributed by atoms with Crippen LogP contribution >= 0.6 is 11.6 Å². The fourth-order valence-electron chi connectivity index (χ4n) is 4.61. The van der Waals surface area contributed by atoms with Crippen molar-refractivity contribution in [3.63, 3.8) is 0 Å². The molecule has 3 fully saturated rings. The maximum absolute atomic E-state index is 13.2. The topological polar surface area (TPSA) is 59.1 Å². The summed E-state index contributed by atoms with van der Waals surface area (Å²) in [7, 11) is 1.74. The van der Waals surface area contributed by atoms with E-state index < -0.39 is 6.04 Å². The van der Waals surface area contributed by atoms with Gasteiger partial charge in [0, 0.05) is 37.4 Å². The normalized spacial score (nSPS) is 30.5. The molecule has 3 amide bonds. The number of imide groups is 1. The molecule has 0 bridgehead atoms. The van der Waals surface area contributed by atoms with Crippen molar-refractivity contribution in [3.05, 3.63) is 41.4 Å². The van der Waals surface area contributed by atoms with Crippen LogP contribution < -0.4 is 10.2 Å². The number of fused-ring (bicyclic) bond motifs is 3. The van der Waals surface area contributed by atoms with Crippen molar-refractivity contribution in [2.75, 3.05) is 31.6 Å². The molecule has 0 aliphatic carbocycles. The van der Waals surface area contributed by atoms with E-state index >= 15 is 0 Å². The number of nitrogens with zero attached hydrogens (tertiary/aromatic N) is 4. The summed E-state index contributed by atoms with van der Waals surface area (Å²) < 4.78 is 0. The van der Waals surface area contributed by atoms with Crippen LogP contribution in [-0.4, -0.2) is 71.8 Å². The fraction of sp³-hybridized carbons (Fsp3) is 0.500. The third-order valence-electron chi connectivity index (χ3n) is 5.95. The third-order valence-corrected chi connectivity index (χ3v) is 6.36. The molecule has 1 aromatic rings. The zero-order chi connectivity index (χ0) is 20.2. The van der Waals surface area contributed by atoms with Crippen LogP contribution in [0, 0.1) is 12.8 Å². The number of anilines is 1. The van der Waals surface area contributed by atoms with Crippen LogP contribution in [0.1, 0.15) is 12.5 Å². The minimum atomic E-state index is -0.419. The van der Waals surface area contributed by atoms with Crippen molar-refractivity contribution in [1.82, 2.24) is 20.0 Å². The van der Waals surface area contributed by atoms with Crippen molar-refractivity contribution in [2.45, 2.75) is 32.3 Å². The number of amides is 3. The summed E-state index contributed by atoms with van der Waals surface area (Å²) in [6.45, 7) is 9.72. The van der Waals surface area contributed by atoms with Gasteiger partial charge in [-0.1, -0.05) is 30.7 Å². The van der Waals surface area contributed by atoms with E-state index in [9.17, 15) is 9.59 Å². The Balaban J connectivity index is 1.72. The van der Waals surface area contributed by atoms with Gasteiger partial charge in [-0.3, -0.25) is 19.9 Å². The maximum atomic E-state index is 13.2. The second-order valence-electron chi connectivity index (χ2n) is 7.90. The molecule has 4 atom stereocenters. The van der Waals surface area contributed by atoms with E-state index in [-0.39, 0.29) is 30.9 Å². The van der Waals surface area contributed by atoms with Crippen molar-refractivity contribution in [2.24, 2.45) is 5.92 Å². The Labute approximate surface area is 170 Å². The lowest BCUT2D eigenvalue weighted by molar-refractivity contribution is -0.138. The second-order valence-corrected chi connectivity index (χ2v) is 8.31. The molecular formula is C20H26ClN5O2. The summed E-state index contributed by atoms with van der Waals surface area (Å²) in [5.74, 6) is 0.193. The summed E-state index contributed by atoms with van der Waals surface area (Å²) in [5, 5.41) is 4.25. The summed E-state index contributed by atoms with van der Waals surface area (Å²) in [4.78, 5) is 33.2. The minimum absolute atomic E-state index is 0.167. The van der Waals surface area contributed by atoms with Crippen LogP contribution in [0.4, 0.5) is 10.5 Å². The smallest absolute Gasteiger partial charge is 0.328 e. The summed E-state index contributed by atoms with van der Waals surface area (Å²) in [6.07, 6.45) is 1.05. The van der Waals surface area contributed by atoms with Crippen LogP contribution in [-0.2, 0) is 4.79 Å². The standard InChI is InChI=1S/C20H26ClN5O2/c1-5-9-24-18(27)16-17(23(4)20(24)28)22-19-25(10-12(2)11-26(16)19)15-8-6-7-14(21)13(15)3/h5-8,12,16-17,19,22H,1,9-11H2,2-4H3. The SMILES string of the molecule is C=CCN1C(=O)C2C(NC3N(c4cccc(Cl)c4C)CC(C)CN23)N(C)C1=O. The molecule has 150 valence electrons. The molecule has 4 unspecified atom stereocenters. The predicted molar refractivity (Wildman–Crippen MR) is 109 cm³/mol. The number of halogens is 1. The molecule has 3 saturated heterocycles. The predicted octanol–water partition coefficient (Wildman–Crippen LogP) is 2.07. The van der Waals surface area contributed by atoms with Gasteiger partial charge in [0.25, 0.3) is 5.91 Å². The van der Waals surface area contributed by atoms with E-state index in [1.165, 1.54) is 4.90 Å². The monoisotopic (exact) mass is 403 g/mol. The number of nitrogens with one attached hydrogen (secondary N) is 1. The molecule has 0 saturated carbocycles. The zero-order valence-corrected chi connectivity index (χ0v) is 17.2. The highest BCUT2D eigenvalue weighted by Gasteiger charge is 2.56. The van der Waals surface area contributed by atoms with Gasteiger partial charge in [-0.05, 0) is 30.5 Å². The molecule has 3 aliphatic heterocycles. The highest BCUT2D eigenvalue weighted by atomic mass is 35.5. The second kappa shape index (κ2) is 7.06. The van der Waals surface area contributed by atoms with Crippen molar-refractivity contribution in [1.29, 1.82) is 0 Å². The highest BCUT2D eigenvalue weighted by Crippen LogP contribution is 2.36. The van der Waals surface area contributed by atoms with Gasteiger partial charge in [-0.25, -0.2) is 4.79 Å². The average Bonchev–Trinajstić information content (AvgIpc) is 3.04. The number of carbonyl (C=O) groups is 2. The van der Waals surface area contributed by atoms with Crippen LogP contribution in [0.3, 0.4) is 0 Å². The lowest BCUT2D eigenvalue weighted by Gasteiger charge is -2.46. The first-order valence-electron chi connectivity index (χ1n) is 9.57. The van der Waals surface area contributed by atoms with Crippen LogP contribution in [0.15, 0.2) is 30.9 Å². The average molecular weight is 404 g/mol. The van der Waals surface area contributed by atoms with Crippen molar-refractivity contribution < 1.29 is 9.59 Å². The molecule has 1 N–H and O–H groups in total. The zero-order valence-electron chi connectivity index (χ0n) is 16.4. The number of carbonyl (C=O) groups excluding carboxylic acids is 2.